The number of non-ortho nitro benzene ring substituents is 1. The van der Waals surface area contributed by atoms with E-state index in [-0.39, 0.29) is 22.7 Å². The van der Waals surface area contributed by atoms with Crippen molar-refractivity contribution < 1.29 is 4.92 Å². The summed E-state index contributed by atoms with van der Waals surface area (Å²) in [5.41, 5.74) is 6.65. The lowest BCUT2D eigenvalue weighted by molar-refractivity contribution is -0.384. The molecule has 204 valence electrons. The molecule has 0 saturated carbocycles. The lowest BCUT2D eigenvalue weighted by Gasteiger charge is -2.29. The molecule has 0 aliphatic carbocycles. The largest absolute Gasteiger partial charge is 0.351 e. The summed E-state index contributed by atoms with van der Waals surface area (Å²) in [5, 5.41) is 15.2. The maximum atomic E-state index is 11.0. The second-order valence-electron chi connectivity index (χ2n) is 9.92. The number of thiocarbonyl (C=S) groups is 1. The van der Waals surface area contributed by atoms with Crippen LogP contribution in [-0.2, 0) is 0 Å². The number of hydrogen-bond acceptors (Lipinski definition) is 5. The number of nitro groups is 1. The van der Waals surface area contributed by atoms with Gasteiger partial charge in [-0.1, -0.05) is 23.9 Å². The van der Waals surface area contributed by atoms with E-state index < -0.39 is 0 Å². The SMILES string of the molecule is Cc1ccc(-n2cccc2[C@@H]2[C@H](c3ccccn3)NC(=S)N2c2ccc(Sc3ccc([N+](=O)[O-])cc3)cc2)cc1C. The summed E-state index contributed by atoms with van der Waals surface area (Å²) < 4.78 is 2.23. The molecule has 41 heavy (non-hydrogen) atoms. The molecular formula is C32H27N5O2S2. The summed E-state index contributed by atoms with van der Waals surface area (Å²) in [6.45, 7) is 4.25. The van der Waals surface area contributed by atoms with Gasteiger partial charge < -0.3 is 14.8 Å². The van der Waals surface area contributed by atoms with Gasteiger partial charge in [0.2, 0.25) is 0 Å². The van der Waals surface area contributed by atoms with Gasteiger partial charge >= 0.3 is 0 Å². The molecule has 1 aliphatic heterocycles. The number of aromatic nitrogens is 2. The van der Waals surface area contributed by atoms with Gasteiger partial charge in [-0.15, -0.1) is 0 Å². The van der Waals surface area contributed by atoms with E-state index in [0.29, 0.717) is 5.11 Å². The number of aryl methyl sites for hydroxylation is 2. The van der Waals surface area contributed by atoms with Crippen LogP contribution in [0.2, 0.25) is 0 Å². The highest BCUT2D eigenvalue weighted by atomic mass is 32.2. The van der Waals surface area contributed by atoms with Crippen molar-refractivity contribution in [2.24, 2.45) is 0 Å². The number of nitrogens with one attached hydrogen (secondary N) is 1. The van der Waals surface area contributed by atoms with Gasteiger partial charge in [-0.3, -0.25) is 15.1 Å². The molecule has 1 aliphatic rings. The molecule has 7 nitrogen and oxygen atoms in total. The van der Waals surface area contributed by atoms with Crippen LogP contribution in [0.3, 0.4) is 0 Å². The number of benzene rings is 3. The molecule has 2 atom stereocenters. The van der Waals surface area contributed by atoms with Crippen LogP contribution in [0.1, 0.15) is 34.6 Å². The van der Waals surface area contributed by atoms with Crippen molar-refractivity contribution in [1.29, 1.82) is 0 Å². The standard InChI is InChI=1S/C32H27N5O2S2/c1-21-8-9-25(20-22(21)2)35-19-5-7-29(35)31-30(28-6-3-4-18-33-28)34-32(40)36(31)23-10-14-26(15-11-23)41-27-16-12-24(13-17-27)37(38)39/h3-20,30-31H,1-2H3,(H,34,40)/t30-,31+/m0/s1. The molecule has 9 heteroatoms. The summed E-state index contributed by atoms with van der Waals surface area (Å²) in [4.78, 5) is 19.4. The van der Waals surface area contributed by atoms with Crippen LogP contribution in [0.4, 0.5) is 11.4 Å². The summed E-state index contributed by atoms with van der Waals surface area (Å²) in [6.07, 6.45) is 3.91. The van der Waals surface area contributed by atoms with Crippen LogP contribution in [0.25, 0.3) is 5.69 Å². The molecule has 0 amide bonds. The zero-order chi connectivity index (χ0) is 28.5. The Kier molecular flexibility index (Phi) is 7.30. The molecule has 0 bridgehead atoms. The molecule has 3 heterocycles. The van der Waals surface area contributed by atoms with Crippen molar-refractivity contribution in [3.8, 4) is 5.69 Å². The normalized spacial score (nSPS) is 16.5. The maximum absolute atomic E-state index is 11.0. The third-order valence-electron chi connectivity index (χ3n) is 7.35. The predicted molar refractivity (Wildman–Crippen MR) is 167 cm³/mol. The first-order valence-corrected chi connectivity index (χ1v) is 14.4. The topological polar surface area (TPSA) is 76.2 Å². The minimum atomic E-state index is -0.388. The Labute approximate surface area is 248 Å². The van der Waals surface area contributed by atoms with E-state index in [2.05, 4.69) is 94.4 Å². The lowest BCUT2D eigenvalue weighted by atomic mass is 10.0. The molecule has 0 spiro atoms. The van der Waals surface area contributed by atoms with Gasteiger partial charge in [0, 0.05) is 51.4 Å². The summed E-state index contributed by atoms with van der Waals surface area (Å²) in [6, 6.07) is 31.2. The van der Waals surface area contributed by atoms with E-state index in [0.717, 1.165) is 32.6 Å². The number of hydrogen-bond donors (Lipinski definition) is 1. The number of anilines is 1. The third-order valence-corrected chi connectivity index (χ3v) is 8.68. The molecule has 1 saturated heterocycles. The second-order valence-corrected chi connectivity index (χ2v) is 11.4. The fourth-order valence-electron chi connectivity index (χ4n) is 5.13. The van der Waals surface area contributed by atoms with E-state index in [1.54, 1.807) is 23.9 Å². The highest BCUT2D eigenvalue weighted by Gasteiger charge is 2.42. The Morgan fingerprint density at radius 3 is 2.24 bits per heavy atom. The van der Waals surface area contributed by atoms with E-state index in [1.165, 1.54) is 23.3 Å². The number of rotatable bonds is 7. The van der Waals surface area contributed by atoms with E-state index in [9.17, 15) is 10.1 Å². The molecule has 1 N–H and O–H groups in total. The van der Waals surface area contributed by atoms with Crippen LogP contribution < -0.4 is 10.2 Å². The van der Waals surface area contributed by atoms with Gasteiger partial charge in [0.1, 0.15) is 6.04 Å². The fraction of sp³-hybridized carbons (Fsp3) is 0.125. The van der Waals surface area contributed by atoms with Gasteiger partial charge in [0.05, 0.1) is 16.7 Å². The van der Waals surface area contributed by atoms with Crippen LogP contribution in [0.15, 0.2) is 119 Å². The van der Waals surface area contributed by atoms with E-state index >= 15 is 0 Å². The van der Waals surface area contributed by atoms with Crippen molar-refractivity contribution >= 4 is 40.5 Å². The first kappa shape index (κ1) is 26.7. The Bertz CT molecular complexity index is 1720. The number of pyridine rings is 1. The zero-order valence-electron chi connectivity index (χ0n) is 22.5. The van der Waals surface area contributed by atoms with Gasteiger partial charge in [0.15, 0.2) is 5.11 Å². The van der Waals surface area contributed by atoms with Crippen LogP contribution in [0, 0.1) is 24.0 Å². The first-order valence-electron chi connectivity index (χ1n) is 13.2. The van der Waals surface area contributed by atoms with Gasteiger partial charge in [0.25, 0.3) is 5.69 Å². The molecule has 1 fully saturated rings. The Morgan fingerprint density at radius 2 is 1.59 bits per heavy atom. The predicted octanol–water partition coefficient (Wildman–Crippen LogP) is 7.73. The van der Waals surface area contributed by atoms with Crippen molar-refractivity contribution in [3.63, 3.8) is 0 Å². The van der Waals surface area contributed by atoms with Crippen LogP contribution in [-0.4, -0.2) is 19.6 Å². The highest BCUT2D eigenvalue weighted by Crippen LogP contribution is 2.43. The Balaban J connectivity index is 1.36. The molecule has 6 rings (SSSR count). The Morgan fingerprint density at radius 1 is 0.878 bits per heavy atom. The minimum Gasteiger partial charge on any atom is -0.351 e. The Hall–Kier alpha value is -4.47. The average Bonchev–Trinajstić information content (AvgIpc) is 3.60. The minimum absolute atomic E-state index is 0.0822. The van der Waals surface area contributed by atoms with E-state index in [4.69, 9.17) is 12.2 Å². The quantitative estimate of drug-likeness (QED) is 0.121. The van der Waals surface area contributed by atoms with Crippen molar-refractivity contribution in [3.05, 3.63) is 142 Å². The smallest absolute Gasteiger partial charge is 0.269 e. The summed E-state index contributed by atoms with van der Waals surface area (Å²) >= 11 is 7.49. The molecule has 2 aromatic heterocycles. The fourth-order valence-corrected chi connectivity index (χ4v) is 6.29. The van der Waals surface area contributed by atoms with E-state index in [1.807, 2.05) is 24.4 Å². The first-order chi connectivity index (χ1) is 19.9. The van der Waals surface area contributed by atoms with Crippen LogP contribution >= 0.6 is 24.0 Å². The maximum Gasteiger partial charge on any atom is 0.269 e. The van der Waals surface area contributed by atoms with Gasteiger partial charge in [-0.25, -0.2) is 0 Å². The summed E-state index contributed by atoms with van der Waals surface area (Å²) in [7, 11) is 0. The second kappa shape index (κ2) is 11.2. The molecule has 5 aromatic rings. The number of nitrogens with zero attached hydrogens (tertiary/aromatic N) is 4. The monoisotopic (exact) mass is 577 g/mol. The number of nitro benzene ring substituents is 1. The van der Waals surface area contributed by atoms with Crippen molar-refractivity contribution in [2.45, 2.75) is 35.7 Å². The average molecular weight is 578 g/mol. The van der Waals surface area contributed by atoms with Gasteiger partial charge in [-0.05, 0) is 110 Å². The summed E-state index contributed by atoms with van der Waals surface area (Å²) in [5.74, 6) is 0. The molecule has 3 aromatic carbocycles. The van der Waals surface area contributed by atoms with Crippen molar-refractivity contribution in [2.75, 3.05) is 4.90 Å². The zero-order valence-corrected chi connectivity index (χ0v) is 24.1. The van der Waals surface area contributed by atoms with Crippen LogP contribution in [0.5, 0.6) is 0 Å². The lowest BCUT2D eigenvalue weighted by Crippen LogP contribution is -2.30. The molecule has 0 unspecified atom stereocenters. The molecular weight excluding hydrogens is 551 g/mol. The van der Waals surface area contributed by atoms with Crippen molar-refractivity contribution in [1.82, 2.24) is 14.9 Å². The van der Waals surface area contributed by atoms with Gasteiger partial charge in [-0.2, -0.15) is 0 Å². The molecule has 0 radical (unpaired) electrons. The third kappa shape index (κ3) is 5.33. The highest BCUT2D eigenvalue weighted by molar-refractivity contribution is 7.99.